The van der Waals surface area contributed by atoms with Crippen molar-refractivity contribution < 1.29 is 0 Å². The second-order valence-electron chi connectivity index (χ2n) is 6.19. The second kappa shape index (κ2) is 6.42. The van der Waals surface area contributed by atoms with Crippen molar-refractivity contribution in [2.24, 2.45) is 5.73 Å². The minimum Gasteiger partial charge on any atom is -0.327 e. The highest BCUT2D eigenvalue weighted by atomic mass is 15.1. The van der Waals surface area contributed by atoms with Crippen LogP contribution in [0.3, 0.4) is 0 Å². The van der Waals surface area contributed by atoms with Gasteiger partial charge in [0.2, 0.25) is 0 Å². The lowest BCUT2D eigenvalue weighted by atomic mass is 9.86. The summed E-state index contributed by atoms with van der Waals surface area (Å²) in [6.07, 6.45) is 1.07. The monoisotopic (exact) mass is 280 g/mol. The number of nitrogens with zero attached hydrogens (tertiary/aromatic N) is 1. The van der Waals surface area contributed by atoms with E-state index in [4.69, 9.17) is 5.73 Å². The van der Waals surface area contributed by atoms with Crippen LogP contribution in [0.1, 0.15) is 29.0 Å². The van der Waals surface area contributed by atoms with Crippen molar-refractivity contribution in [1.29, 1.82) is 0 Å². The van der Waals surface area contributed by atoms with Crippen molar-refractivity contribution in [2.75, 3.05) is 13.1 Å². The Morgan fingerprint density at radius 2 is 1.90 bits per heavy atom. The Bertz CT molecular complexity index is 579. The van der Waals surface area contributed by atoms with Gasteiger partial charge in [-0.1, -0.05) is 60.2 Å². The Hall–Kier alpha value is -1.64. The van der Waals surface area contributed by atoms with Gasteiger partial charge in [0.05, 0.1) is 0 Å². The number of hydrogen-bond acceptors (Lipinski definition) is 2. The van der Waals surface area contributed by atoms with Crippen LogP contribution in [-0.2, 0) is 6.54 Å². The van der Waals surface area contributed by atoms with Crippen LogP contribution >= 0.6 is 0 Å². The van der Waals surface area contributed by atoms with Gasteiger partial charge in [0.15, 0.2) is 0 Å². The topological polar surface area (TPSA) is 29.3 Å². The summed E-state index contributed by atoms with van der Waals surface area (Å²) in [6.45, 7) is 5.33. The normalized spacial score (nSPS) is 23.1. The molecular formula is C19H24N2. The fraction of sp³-hybridized carbons (Fsp3) is 0.368. The van der Waals surface area contributed by atoms with Crippen LogP contribution in [0.4, 0.5) is 0 Å². The SMILES string of the molecule is Cc1cccc([C@H]2CN(Cc3ccccc3)CC[C@H]2N)c1. The first-order chi connectivity index (χ1) is 10.2. The van der Waals surface area contributed by atoms with E-state index in [0.29, 0.717) is 5.92 Å². The molecule has 3 rings (SSSR count). The van der Waals surface area contributed by atoms with Crippen molar-refractivity contribution in [3.8, 4) is 0 Å². The molecule has 1 saturated heterocycles. The number of rotatable bonds is 3. The average molecular weight is 280 g/mol. The molecule has 2 nitrogen and oxygen atoms in total. The first-order valence-corrected chi connectivity index (χ1v) is 7.81. The van der Waals surface area contributed by atoms with E-state index in [9.17, 15) is 0 Å². The zero-order valence-electron chi connectivity index (χ0n) is 12.7. The first-order valence-electron chi connectivity index (χ1n) is 7.81. The molecule has 0 aromatic heterocycles. The lowest BCUT2D eigenvalue weighted by Crippen LogP contribution is -2.45. The van der Waals surface area contributed by atoms with Gasteiger partial charge in [-0.25, -0.2) is 0 Å². The molecule has 2 heteroatoms. The Kier molecular flexibility index (Phi) is 4.37. The minimum absolute atomic E-state index is 0.277. The maximum atomic E-state index is 6.39. The Morgan fingerprint density at radius 1 is 1.10 bits per heavy atom. The number of piperidine rings is 1. The molecule has 21 heavy (non-hydrogen) atoms. The van der Waals surface area contributed by atoms with Crippen molar-refractivity contribution in [3.63, 3.8) is 0 Å². The summed E-state index contributed by atoms with van der Waals surface area (Å²) in [5, 5.41) is 0. The molecule has 0 spiro atoms. The number of nitrogens with two attached hydrogens (primary N) is 1. The van der Waals surface area contributed by atoms with Crippen LogP contribution in [0.5, 0.6) is 0 Å². The molecule has 1 aliphatic heterocycles. The lowest BCUT2D eigenvalue weighted by Gasteiger charge is -2.37. The number of likely N-dealkylation sites (tertiary alicyclic amines) is 1. The zero-order chi connectivity index (χ0) is 14.7. The maximum Gasteiger partial charge on any atom is 0.0234 e. The molecule has 2 aromatic carbocycles. The summed E-state index contributed by atoms with van der Waals surface area (Å²) in [5.74, 6) is 0.447. The average Bonchev–Trinajstić information content (AvgIpc) is 2.50. The predicted molar refractivity (Wildman–Crippen MR) is 88.2 cm³/mol. The first kappa shape index (κ1) is 14.3. The van der Waals surface area contributed by atoms with Gasteiger partial charge in [0.25, 0.3) is 0 Å². The fourth-order valence-electron chi connectivity index (χ4n) is 3.28. The molecule has 1 heterocycles. The Morgan fingerprint density at radius 3 is 2.67 bits per heavy atom. The van der Waals surface area contributed by atoms with Gasteiger partial charge < -0.3 is 5.73 Å². The van der Waals surface area contributed by atoms with E-state index in [1.165, 1.54) is 16.7 Å². The standard InChI is InChI=1S/C19H24N2/c1-15-6-5-9-17(12-15)18-14-21(11-10-19(18)20)13-16-7-3-2-4-8-16/h2-9,12,18-19H,10-11,13-14,20H2,1H3/t18-,19-/m1/s1. The van der Waals surface area contributed by atoms with E-state index in [1.54, 1.807) is 0 Å². The third kappa shape index (κ3) is 3.52. The second-order valence-corrected chi connectivity index (χ2v) is 6.19. The van der Waals surface area contributed by atoms with Gasteiger partial charge in [-0.15, -0.1) is 0 Å². The lowest BCUT2D eigenvalue weighted by molar-refractivity contribution is 0.183. The molecule has 0 bridgehead atoms. The molecule has 2 aromatic rings. The van der Waals surface area contributed by atoms with Gasteiger partial charge in [-0.3, -0.25) is 4.90 Å². The highest BCUT2D eigenvalue weighted by Crippen LogP contribution is 2.27. The molecule has 0 aliphatic carbocycles. The van der Waals surface area contributed by atoms with Gasteiger partial charge in [0.1, 0.15) is 0 Å². The minimum atomic E-state index is 0.277. The Labute approximate surface area is 127 Å². The van der Waals surface area contributed by atoms with Gasteiger partial charge in [-0.2, -0.15) is 0 Å². The summed E-state index contributed by atoms with van der Waals surface area (Å²) in [6, 6.07) is 19.8. The zero-order valence-corrected chi connectivity index (χ0v) is 12.7. The van der Waals surface area contributed by atoms with Gasteiger partial charge in [-0.05, 0) is 24.5 Å². The van der Waals surface area contributed by atoms with E-state index < -0.39 is 0 Å². The van der Waals surface area contributed by atoms with E-state index in [-0.39, 0.29) is 6.04 Å². The molecule has 0 unspecified atom stereocenters. The van der Waals surface area contributed by atoms with E-state index in [2.05, 4.69) is 66.4 Å². The number of aryl methyl sites for hydroxylation is 1. The molecule has 110 valence electrons. The van der Waals surface area contributed by atoms with Crippen LogP contribution in [0.25, 0.3) is 0 Å². The highest BCUT2D eigenvalue weighted by Gasteiger charge is 2.27. The summed E-state index contributed by atoms with van der Waals surface area (Å²) in [5.41, 5.74) is 10.5. The van der Waals surface area contributed by atoms with Crippen LogP contribution in [-0.4, -0.2) is 24.0 Å². The van der Waals surface area contributed by atoms with Gasteiger partial charge in [0, 0.05) is 31.6 Å². The van der Waals surface area contributed by atoms with Crippen LogP contribution in [0, 0.1) is 6.92 Å². The summed E-state index contributed by atoms with van der Waals surface area (Å²) < 4.78 is 0. The van der Waals surface area contributed by atoms with Crippen molar-refractivity contribution >= 4 is 0 Å². The predicted octanol–water partition coefficient (Wildman–Crippen LogP) is 3.31. The molecule has 1 fully saturated rings. The summed E-state index contributed by atoms with van der Waals surface area (Å²) >= 11 is 0. The number of hydrogen-bond donors (Lipinski definition) is 1. The van der Waals surface area contributed by atoms with Crippen molar-refractivity contribution in [3.05, 3.63) is 71.3 Å². The van der Waals surface area contributed by atoms with E-state index in [1.807, 2.05) is 0 Å². The third-order valence-electron chi connectivity index (χ3n) is 4.47. The highest BCUT2D eigenvalue weighted by molar-refractivity contribution is 5.27. The van der Waals surface area contributed by atoms with Crippen LogP contribution in [0.2, 0.25) is 0 Å². The quantitative estimate of drug-likeness (QED) is 0.934. The van der Waals surface area contributed by atoms with E-state index >= 15 is 0 Å². The molecular weight excluding hydrogens is 256 g/mol. The molecule has 0 radical (unpaired) electrons. The fourth-order valence-corrected chi connectivity index (χ4v) is 3.28. The smallest absolute Gasteiger partial charge is 0.0234 e. The third-order valence-corrected chi connectivity index (χ3v) is 4.47. The van der Waals surface area contributed by atoms with Crippen LogP contribution in [0.15, 0.2) is 54.6 Å². The summed E-state index contributed by atoms with van der Waals surface area (Å²) in [7, 11) is 0. The molecule has 2 atom stereocenters. The van der Waals surface area contributed by atoms with Crippen LogP contribution < -0.4 is 5.73 Å². The largest absolute Gasteiger partial charge is 0.327 e. The van der Waals surface area contributed by atoms with Crippen molar-refractivity contribution in [2.45, 2.75) is 31.8 Å². The molecule has 2 N–H and O–H groups in total. The molecule has 0 amide bonds. The van der Waals surface area contributed by atoms with Crippen molar-refractivity contribution in [1.82, 2.24) is 4.90 Å². The number of benzene rings is 2. The maximum absolute atomic E-state index is 6.39. The molecule has 0 saturated carbocycles. The van der Waals surface area contributed by atoms with E-state index in [0.717, 1.165) is 26.1 Å². The Balaban J connectivity index is 1.73. The van der Waals surface area contributed by atoms with Gasteiger partial charge >= 0.3 is 0 Å². The molecule has 1 aliphatic rings. The summed E-state index contributed by atoms with van der Waals surface area (Å²) in [4.78, 5) is 2.53.